The summed E-state index contributed by atoms with van der Waals surface area (Å²) in [7, 11) is 0. The van der Waals surface area contributed by atoms with Crippen molar-refractivity contribution in [2.24, 2.45) is 17.3 Å². The molecule has 0 amide bonds. The van der Waals surface area contributed by atoms with Gasteiger partial charge in [0, 0.05) is 0 Å². The van der Waals surface area contributed by atoms with Crippen LogP contribution in [0.15, 0.2) is 24.8 Å². The maximum Gasteiger partial charge on any atom is -0.0110 e. The maximum atomic E-state index is 3.90. The Balaban J connectivity index is 4.58. The Morgan fingerprint density at radius 3 is 2.00 bits per heavy atom. The van der Waals surface area contributed by atoms with Crippen LogP contribution in [0.5, 0.6) is 0 Å². The highest BCUT2D eigenvalue weighted by Crippen LogP contribution is 2.34. The zero-order valence-electron chi connectivity index (χ0n) is 9.09. The molecular weight excluding hydrogens is 144 g/mol. The lowest BCUT2D eigenvalue weighted by atomic mass is 9.73. The van der Waals surface area contributed by atoms with E-state index in [0.717, 1.165) is 0 Å². The van der Waals surface area contributed by atoms with Gasteiger partial charge in [0.25, 0.3) is 0 Å². The molecule has 0 bridgehead atoms. The number of hydrogen-bond acceptors (Lipinski definition) is 0. The van der Waals surface area contributed by atoms with E-state index in [9.17, 15) is 0 Å². The van der Waals surface area contributed by atoms with Crippen molar-refractivity contribution in [2.45, 2.75) is 34.6 Å². The van der Waals surface area contributed by atoms with Crippen LogP contribution in [0, 0.1) is 17.3 Å². The third-order valence-corrected chi connectivity index (χ3v) is 2.43. The summed E-state index contributed by atoms with van der Waals surface area (Å²) in [5, 5.41) is 0. The summed E-state index contributed by atoms with van der Waals surface area (Å²) in [6.45, 7) is 15.0. The highest BCUT2D eigenvalue weighted by Gasteiger charge is 2.26. The van der Waals surface area contributed by atoms with Crippen LogP contribution in [0.2, 0.25) is 0 Å². The molecule has 0 fully saturated rings. The van der Waals surface area contributed by atoms with Crippen molar-refractivity contribution in [3.05, 3.63) is 24.8 Å². The molecule has 1 unspecified atom stereocenters. The Bertz CT molecular complexity index is 161. The average molecular weight is 166 g/mol. The first-order chi connectivity index (χ1) is 5.45. The largest absolute Gasteiger partial charge is 0.103 e. The highest BCUT2D eigenvalue weighted by atomic mass is 14.3. The molecule has 0 aromatic carbocycles. The highest BCUT2D eigenvalue weighted by molar-refractivity contribution is 5.03. The van der Waals surface area contributed by atoms with Gasteiger partial charge in [0.2, 0.25) is 0 Å². The Hall–Kier alpha value is -0.520. The summed E-state index contributed by atoms with van der Waals surface area (Å²) in [4.78, 5) is 0. The Labute approximate surface area is 77.4 Å². The maximum absolute atomic E-state index is 3.90. The van der Waals surface area contributed by atoms with Gasteiger partial charge < -0.3 is 0 Å². The fourth-order valence-electron chi connectivity index (χ4n) is 1.98. The summed E-state index contributed by atoms with van der Waals surface area (Å²) in [5.41, 5.74) is 0.241. The standard InChI is InChI=1S/C12H22/c1-7-9-12(5,6)11(8-2)10(3)4/h7-11H,2H2,1,3-6H3. The second-order valence-electron chi connectivity index (χ2n) is 4.33. The van der Waals surface area contributed by atoms with Gasteiger partial charge in [-0.05, 0) is 24.2 Å². The number of allylic oxidation sites excluding steroid dienone is 3. The van der Waals surface area contributed by atoms with Gasteiger partial charge in [-0.25, -0.2) is 0 Å². The fraction of sp³-hybridized carbons (Fsp3) is 0.667. The zero-order valence-corrected chi connectivity index (χ0v) is 9.09. The van der Waals surface area contributed by atoms with E-state index in [1.807, 2.05) is 0 Å². The van der Waals surface area contributed by atoms with E-state index >= 15 is 0 Å². The second-order valence-corrected chi connectivity index (χ2v) is 4.33. The first-order valence-corrected chi connectivity index (χ1v) is 4.72. The van der Waals surface area contributed by atoms with Gasteiger partial charge in [0.1, 0.15) is 0 Å². The third kappa shape index (κ3) is 2.84. The molecule has 0 spiro atoms. The van der Waals surface area contributed by atoms with Crippen molar-refractivity contribution < 1.29 is 0 Å². The molecule has 0 radical (unpaired) electrons. The van der Waals surface area contributed by atoms with E-state index in [-0.39, 0.29) is 5.41 Å². The van der Waals surface area contributed by atoms with Crippen LogP contribution >= 0.6 is 0 Å². The first kappa shape index (κ1) is 11.5. The third-order valence-electron chi connectivity index (χ3n) is 2.43. The van der Waals surface area contributed by atoms with E-state index in [0.29, 0.717) is 11.8 Å². The summed E-state index contributed by atoms with van der Waals surface area (Å²) < 4.78 is 0. The molecule has 0 nitrogen and oxygen atoms in total. The molecular formula is C12H22. The molecule has 0 aromatic rings. The molecule has 12 heavy (non-hydrogen) atoms. The molecule has 0 N–H and O–H groups in total. The molecule has 0 aliphatic carbocycles. The predicted octanol–water partition coefficient (Wildman–Crippen LogP) is 4.05. The van der Waals surface area contributed by atoms with Gasteiger partial charge in [-0.15, -0.1) is 6.58 Å². The quantitative estimate of drug-likeness (QED) is 0.553. The van der Waals surface area contributed by atoms with Crippen molar-refractivity contribution in [1.29, 1.82) is 0 Å². The van der Waals surface area contributed by atoms with E-state index in [4.69, 9.17) is 0 Å². The lowest BCUT2D eigenvalue weighted by molar-refractivity contribution is 0.268. The minimum absolute atomic E-state index is 0.241. The van der Waals surface area contributed by atoms with Crippen molar-refractivity contribution >= 4 is 0 Å². The second kappa shape index (κ2) is 4.49. The molecule has 0 aliphatic heterocycles. The van der Waals surface area contributed by atoms with Crippen LogP contribution in [0.1, 0.15) is 34.6 Å². The Kier molecular flexibility index (Phi) is 4.30. The minimum atomic E-state index is 0.241. The molecule has 0 heteroatoms. The first-order valence-electron chi connectivity index (χ1n) is 4.72. The number of rotatable bonds is 4. The summed E-state index contributed by atoms with van der Waals surface area (Å²) in [6.07, 6.45) is 6.46. The zero-order chi connectivity index (χ0) is 9.78. The predicted molar refractivity (Wildman–Crippen MR) is 57.1 cm³/mol. The molecule has 0 heterocycles. The number of hydrogen-bond donors (Lipinski definition) is 0. The topological polar surface area (TPSA) is 0 Å². The Morgan fingerprint density at radius 1 is 1.25 bits per heavy atom. The van der Waals surface area contributed by atoms with Crippen LogP contribution < -0.4 is 0 Å². The summed E-state index contributed by atoms with van der Waals surface area (Å²) >= 11 is 0. The van der Waals surface area contributed by atoms with Crippen LogP contribution in [0.4, 0.5) is 0 Å². The smallest absolute Gasteiger partial charge is 0.0110 e. The van der Waals surface area contributed by atoms with Gasteiger partial charge in [0.15, 0.2) is 0 Å². The van der Waals surface area contributed by atoms with E-state index in [1.165, 1.54) is 0 Å². The van der Waals surface area contributed by atoms with Crippen LogP contribution in [-0.4, -0.2) is 0 Å². The molecule has 0 aromatic heterocycles. The molecule has 70 valence electrons. The average Bonchev–Trinajstić information content (AvgIpc) is 1.86. The van der Waals surface area contributed by atoms with Crippen LogP contribution in [0.3, 0.4) is 0 Å². The fourth-order valence-corrected chi connectivity index (χ4v) is 1.98. The molecule has 1 atom stereocenters. The van der Waals surface area contributed by atoms with Gasteiger partial charge in [-0.3, -0.25) is 0 Å². The Morgan fingerprint density at radius 2 is 1.75 bits per heavy atom. The van der Waals surface area contributed by atoms with E-state index < -0.39 is 0 Å². The van der Waals surface area contributed by atoms with Crippen molar-refractivity contribution in [1.82, 2.24) is 0 Å². The molecule has 0 rings (SSSR count). The molecule has 0 aliphatic rings. The van der Waals surface area contributed by atoms with Gasteiger partial charge in [0.05, 0.1) is 0 Å². The summed E-state index contributed by atoms with van der Waals surface area (Å²) in [5.74, 6) is 1.22. The lowest BCUT2D eigenvalue weighted by Crippen LogP contribution is -2.24. The molecule has 0 saturated carbocycles. The van der Waals surface area contributed by atoms with Crippen molar-refractivity contribution in [3.8, 4) is 0 Å². The van der Waals surface area contributed by atoms with Gasteiger partial charge in [-0.1, -0.05) is 45.9 Å². The van der Waals surface area contributed by atoms with Gasteiger partial charge in [-0.2, -0.15) is 0 Å². The molecule has 0 saturated heterocycles. The van der Waals surface area contributed by atoms with E-state index in [2.05, 4.69) is 59.4 Å². The monoisotopic (exact) mass is 166 g/mol. The minimum Gasteiger partial charge on any atom is -0.103 e. The summed E-state index contributed by atoms with van der Waals surface area (Å²) in [6, 6.07) is 0. The normalized spacial score (nSPS) is 15.5. The van der Waals surface area contributed by atoms with Crippen molar-refractivity contribution in [2.75, 3.05) is 0 Å². The van der Waals surface area contributed by atoms with Crippen molar-refractivity contribution in [3.63, 3.8) is 0 Å². The SMILES string of the molecule is C=CC(C(C)C)C(C)(C)C=CC. The van der Waals surface area contributed by atoms with Crippen LogP contribution in [0.25, 0.3) is 0 Å². The van der Waals surface area contributed by atoms with E-state index in [1.54, 1.807) is 0 Å². The van der Waals surface area contributed by atoms with Crippen LogP contribution in [-0.2, 0) is 0 Å². The lowest BCUT2D eigenvalue weighted by Gasteiger charge is -2.32. The van der Waals surface area contributed by atoms with Gasteiger partial charge >= 0.3 is 0 Å².